The number of nitrogens with zero attached hydrogens (tertiary/aromatic N) is 2. The molecule has 3 rings (SSSR count). The van der Waals surface area contributed by atoms with E-state index in [1.54, 1.807) is 0 Å². The summed E-state index contributed by atoms with van der Waals surface area (Å²) in [5.41, 5.74) is -0.0161. The number of carbonyl (C=O) groups excluding carboxylic acids is 1. The van der Waals surface area contributed by atoms with Crippen LogP contribution in [0.5, 0.6) is 0 Å². The minimum absolute atomic E-state index is 0.0339. The fourth-order valence-electron chi connectivity index (χ4n) is 2.21. The molecule has 0 fully saturated rings. The van der Waals surface area contributed by atoms with Crippen molar-refractivity contribution in [1.82, 2.24) is 15.3 Å². The van der Waals surface area contributed by atoms with Crippen LogP contribution < -0.4 is 5.32 Å². The van der Waals surface area contributed by atoms with Gasteiger partial charge in [-0.3, -0.25) is 4.79 Å². The predicted octanol–water partition coefficient (Wildman–Crippen LogP) is 3.95. The number of para-hydroxylation sites is 1. The molecular formula is C16H12F3N3OS. The highest BCUT2D eigenvalue weighted by atomic mass is 32.1. The molecule has 3 aromatic rings. The number of thiazole rings is 1. The summed E-state index contributed by atoms with van der Waals surface area (Å²) in [5.74, 6) is -0.479. The molecule has 0 aliphatic heterocycles. The zero-order valence-electron chi connectivity index (χ0n) is 12.5. The summed E-state index contributed by atoms with van der Waals surface area (Å²) in [6.07, 6.45) is -4.53. The highest BCUT2D eigenvalue weighted by Crippen LogP contribution is 2.28. The summed E-state index contributed by atoms with van der Waals surface area (Å²) >= 11 is 1.45. The number of carbonyl (C=O) groups is 1. The number of hydrogen-bond donors (Lipinski definition) is 1. The fourth-order valence-corrected chi connectivity index (χ4v) is 3.11. The molecule has 2 heterocycles. The maximum Gasteiger partial charge on any atom is 0.433 e. The Morgan fingerprint density at radius 2 is 1.92 bits per heavy atom. The summed E-state index contributed by atoms with van der Waals surface area (Å²) in [4.78, 5) is 20.0. The number of alkyl halides is 3. The molecule has 2 aromatic heterocycles. The van der Waals surface area contributed by atoms with Crippen LogP contribution in [0.25, 0.3) is 10.2 Å². The second kappa shape index (κ2) is 6.20. The zero-order valence-corrected chi connectivity index (χ0v) is 13.3. The lowest BCUT2D eigenvalue weighted by molar-refractivity contribution is -0.141. The molecule has 8 heteroatoms. The van der Waals surface area contributed by atoms with Gasteiger partial charge in [-0.05, 0) is 31.2 Å². The molecule has 0 bridgehead atoms. The lowest BCUT2D eigenvalue weighted by Gasteiger charge is -2.10. The number of rotatable bonds is 3. The maximum absolute atomic E-state index is 12.6. The minimum Gasteiger partial charge on any atom is -0.345 e. The van der Waals surface area contributed by atoms with Crippen molar-refractivity contribution in [2.24, 2.45) is 0 Å². The van der Waals surface area contributed by atoms with Crippen LogP contribution in [0.3, 0.4) is 0 Å². The summed E-state index contributed by atoms with van der Waals surface area (Å²) in [6.45, 7) is 1.58. The third kappa shape index (κ3) is 3.38. The molecule has 0 atom stereocenters. The number of fused-ring (bicyclic) bond motifs is 1. The number of halogens is 3. The Kier molecular flexibility index (Phi) is 4.23. The Labute approximate surface area is 139 Å². The van der Waals surface area contributed by atoms with Gasteiger partial charge in [0.15, 0.2) is 0 Å². The number of aromatic nitrogens is 2. The first kappa shape index (κ1) is 16.4. The van der Waals surface area contributed by atoms with Crippen molar-refractivity contribution < 1.29 is 18.0 Å². The lowest BCUT2D eigenvalue weighted by Crippen LogP contribution is -2.24. The molecule has 1 amide bonds. The molecule has 1 aromatic carbocycles. The van der Waals surface area contributed by atoms with Gasteiger partial charge in [0.25, 0.3) is 5.91 Å². The number of nitrogens with one attached hydrogen (secondary N) is 1. The van der Waals surface area contributed by atoms with E-state index in [2.05, 4.69) is 15.3 Å². The van der Waals surface area contributed by atoms with Crippen molar-refractivity contribution >= 4 is 27.5 Å². The topological polar surface area (TPSA) is 54.9 Å². The van der Waals surface area contributed by atoms with E-state index in [1.165, 1.54) is 18.3 Å². The van der Waals surface area contributed by atoms with Crippen LogP contribution in [0.4, 0.5) is 13.2 Å². The molecule has 0 spiro atoms. The number of benzene rings is 1. The van der Waals surface area contributed by atoms with Crippen molar-refractivity contribution in [1.29, 1.82) is 0 Å². The number of pyridine rings is 1. The number of amides is 1. The second-order valence-electron chi connectivity index (χ2n) is 5.09. The molecule has 0 aliphatic carbocycles. The first-order valence-corrected chi connectivity index (χ1v) is 7.84. The van der Waals surface area contributed by atoms with Gasteiger partial charge in [0.05, 0.1) is 28.0 Å². The van der Waals surface area contributed by atoms with Gasteiger partial charge in [-0.15, -0.1) is 11.3 Å². The molecule has 1 N–H and O–H groups in total. The fraction of sp³-hybridized carbons (Fsp3) is 0.188. The van der Waals surface area contributed by atoms with Gasteiger partial charge in [-0.2, -0.15) is 13.2 Å². The van der Waals surface area contributed by atoms with Crippen LogP contribution in [0, 0.1) is 6.92 Å². The minimum atomic E-state index is -4.53. The first-order valence-electron chi connectivity index (χ1n) is 7.02. The average molecular weight is 351 g/mol. The quantitative estimate of drug-likeness (QED) is 0.777. The smallest absolute Gasteiger partial charge is 0.345 e. The molecule has 124 valence electrons. The Balaban J connectivity index is 1.73. The SMILES string of the molecule is Cc1nc(C(F)(F)F)ccc1C(=O)NCc1nc2ccccc2s1. The first-order chi connectivity index (χ1) is 11.3. The van der Waals surface area contributed by atoms with Gasteiger partial charge in [-0.1, -0.05) is 12.1 Å². The number of aryl methyl sites for hydroxylation is 1. The van der Waals surface area contributed by atoms with E-state index in [1.807, 2.05) is 24.3 Å². The van der Waals surface area contributed by atoms with Gasteiger partial charge in [-0.25, -0.2) is 9.97 Å². The van der Waals surface area contributed by atoms with Crippen LogP contribution in [0.2, 0.25) is 0 Å². The molecule has 0 saturated carbocycles. The Morgan fingerprint density at radius 1 is 1.17 bits per heavy atom. The van der Waals surface area contributed by atoms with Crippen LogP contribution in [0.15, 0.2) is 36.4 Å². The Morgan fingerprint density at radius 3 is 2.58 bits per heavy atom. The largest absolute Gasteiger partial charge is 0.433 e. The van der Waals surface area contributed by atoms with Crippen molar-refractivity contribution in [3.63, 3.8) is 0 Å². The summed E-state index contributed by atoms with van der Waals surface area (Å²) in [6, 6.07) is 9.53. The Hall–Kier alpha value is -2.48. The third-order valence-corrected chi connectivity index (χ3v) is 4.40. The molecule has 4 nitrogen and oxygen atoms in total. The third-order valence-electron chi connectivity index (χ3n) is 3.36. The molecule has 0 saturated heterocycles. The normalized spacial score (nSPS) is 11.7. The second-order valence-corrected chi connectivity index (χ2v) is 6.20. The molecule has 0 aliphatic rings. The van der Waals surface area contributed by atoms with E-state index in [0.717, 1.165) is 27.4 Å². The average Bonchev–Trinajstić information content (AvgIpc) is 2.94. The standard InChI is InChI=1S/C16H12F3N3OS/c1-9-10(6-7-13(21-9)16(17,18)19)15(23)20-8-14-22-11-4-2-3-5-12(11)24-14/h2-7H,8H2,1H3,(H,20,23). The summed E-state index contributed by atoms with van der Waals surface area (Å²) in [5, 5.41) is 3.39. The van der Waals surface area contributed by atoms with Crippen LogP contribution in [0.1, 0.15) is 26.8 Å². The monoisotopic (exact) mass is 351 g/mol. The maximum atomic E-state index is 12.6. The molecule has 24 heavy (non-hydrogen) atoms. The van der Waals surface area contributed by atoms with Crippen LogP contribution in [-0.2, 0) is 12.7 Å². The zero-order chi connectivity index (χ0) is 17.3. The van der Waals surface area contributed by atoms with Crippen molar-refractivity contribution in [3.8, 4) is 0 Å². The van der Waals surface area contributed by atoms with Crippen LogP contribution >= 0.6 is 11.3 Å². The highest BCUT2D eigenvalue weighted by molar-refractivity contribution is 7.18. The van der Waals surface area contributed by atoms with E-state index >= 15 is 0 Å². The van der Waals surface area contributed by atoms with Crippen molar-refractivity contribution in [2.45, 2.75) is 19.6 Å². The van der Waals surface area contributed by atoms with E-state index in [0.29, 0.717) is 0 Å². The lowest BCUT2D eigenvalue weighted by atomic mass is 10.1. The summed E-state index contributed by atoms with van der Waals surface area (Å²) < 4.78 is 38.8. The van der Waals surface area contributed by atoms with Crippen molar-refractivity contribution in [3.05, 3.63) is 58.4 Å². The van der Waals surface area contributed by atoms with Crippen LogP contribution in [-0.4, -0.2) is 15.9 Å². The van der Waals surface area contributed by atoms with Gasteiger partial charge < -0.3 is 5.32 Å². The predicted molar refractivity (Wildman–Crippen MR) is 84.8 cm³/mol. The van der Waals surface area contributed by atoms with Gasteiger partial charge in [0, 0.05) is 0 Å². The van der Waals surface area contributed by atoms with E-state index < -0.39 is 17.8 Å². The molecule has 0 radical (unpaired) electrons. The van der Waals surface area contributed by atoms with E-state index in [4.69, 9.17) is 0 Å². The van der Waals surface area contributed by atoms with Gasteiger partial charge >= 0.3 is 6.18 Å². The van der Waals surface area contributed by atoms with Gasteiger partial charge in [0.1, 0.15) is 10.7 Å². The molecule has 0 unspecified atom stereocenters. The molecular weight excluding hydrogens is 339 g/mol. The van der Waals surface area contributed by atoms with E-state index in [9.17, 15) is 18.0 Å². The van der Waals surface area contributed by atoms with Crippen molar-refractivity contribution in [2.75, 3.05) is 0 Å². The Bertz CT molecular complexity index is 872. The van der Waals surface area contributed by atoms with E-state index in [-0.39, 0.29) is 17.8 Å². The number of hydrogen-bond acceptors (Lipinski definition) is 4. The highest BCUT2D eigenvalue weighted by Gasteiger charge is 2.33. The van der Waals surface area contributed by atoms with Gasteiger partial charge in [0.2, 0.25) is 0 Å². The summed E-state index contributed by atoms with van der Waals surface area (Å²) in [7, 11) is 0.